The highest BCUT2D eigenvalue weighted by Gasteiger charge is 2.26. The number of likely N-dealkylation sites (tertiary alicyclic amines) is 1. The van der Waals surface area contributed by atoms with Crippen molar-refractivity contribution in [3.05, 3.63) is 42.2 Å². The minimum Gasteiger partial charge on any atom is -0.481 e. The molecule has 8 heteroatoms. The number of anilines is 1. The molecule has 1 saturated heterocycles. The van der Waals surface area contributed by atoms with Gasteiger partial charge in [-0.05, 0) is 37.1 Å². The van der Waals surface area contributed by atoms with Crippen LogP contribution in [0.1, 0.15) is 23.2 Å². The van der Waals surface area contributed by atoms with Crippen LogP contribution in [0.4, 0.5) is 5.69 Å². The third-order valence-electron chi connectivity index (χ3n) is 4.09. The number of piperidine rings is 1. The highest BCUT2D eigenvalue weighted by Crippen LogP contribution is 2.17. The van der Waals surface area contributed by atoms with Crippen molar-refractivity contribution in [3.63, 3.8) is 0 Å². The summed E-state index contributed by atoms with van der Waals surface area (Å²) in [5, 5.41) is 14.5. The normalized spacial score (nSPS) is 15.1. The highest BCUT2D eigenvalue weighted by atomic mass is 16.4. The van der Waals surface area contributed by atoms with Crippen molar-refractivity contribution in [1.82, 2.24) is 10.2 Å². The Bertz CT molecular complexity index is 649. The van der Waals surface area contributed by atoms with E-state index in [-0.39, 0.29) is 24.3 Å². The maximum atomic E-state index is 12.1. The molecule has 2 rings (SSSR count). The summed E-state index contributed by atoms with van der Waals surface area (Å²) in [6.45, 7) is 0.702. The number of rotatable bonds is 6. The molecule has 1 aliphatic heterocycles. The van der Waals surface area contributed by atoms with Gasteiger partial charge in [0.05, 0.1) is 12.5 Å². The zero-order chi connectivity index (χ0) is 18.2. The molecule has 5 N–H and O–H groups in total. The fraction of sp³-hybridized carbons (Fsp3) is 0.353. The van der Waals surface area contributed by atoms with Gasteiger partial charge in [-0.2, -0.15) is 0 Å². The molecule has 0 saturated carbocycles. The molecule has 0 atom stereocenters. The Labute approximate surface area is 145 Å². The zero-order valence-electron chi connectivity index (χ0n) is 13.8. The van der Waals surface area contributed by atoms with E-state index in [0.29, 0.717) is 31.5 Å². The van der Waals surface area contributed by atoms with E-state index < -0.39 is 5.97 Å². The van der Waals surface area contributed by atoms with Gasteiger partial charge in [0.2, 0.25) is 5.91 Å². The number of nitrogens with zero attached hydrogens (tertiary/aromatic N) is 1. The predicted octanol–water partition coefficient (Wildman–Crippen LogP) is 0.581. The topological polar surface area (TPSA) is 125 Å². The molecule has 0 aliphatic carbocycles. The van der Waals surface area contributed by atoms with Crippen LogP contribution in [0, 0.1) is 5.92 Å². The zero-order valence-corrected chi connectivity index (χ0v) is 13.8. The number of benzene rings is 1. The fourth-order valence-corrected chi connectivity index (χ4v) is 2.61. The van der Waals surface area contributed by atoms with E-state index in [4.69, 9.17) is 10.8 Å². The molecule has 25 heavy (non-hydrogen) atoms. The van der Waals surface area contributed by atoms with Crippen LogP contribution < -0.4 is 16.4 Å². The van der Waals surface area contributed by atoms with Crippen LogP contribution in [0.2, 0.25) is 0 Å². The summed E-state index contributed by atoms with van der Waals surface area (Å²) in [6, 6.07) is 6.75. The Hall–Kier alpha value is -3.03. The minimum atomic E-state index is -0.819. The van der Waals surface area contributed by atoms with Crippen LogP contribution in [0.5, 0.6) is 0 Å². The van der Waals surface area contributed by atoms with Gasteiger partial charge in [0.15, 0.2) is 0 Å². The Morgan fingerprint density at radius 2 is 1.84 bits per heavy atom. The number of hydrogen-bond acceptors (Lipinski definition) is 5. The molecule has 2 amide bonds. The van der Waals surface area contributed by atoms with Gasteiger partial charge in [-0.1, -0.05) is 0 Å². The monoisotopic (exact) mass is 346 g/mol. The molecular formula is C17H22N4O4. The third kappa shape index (κ3) is 5.23. The number of carboxylic acid groups (broad SMARTS) is 1. The van der Waals surface area contributed by atoms with Crippen molar-refractivity contribution in [2.75, 3.05) is 25.0 Å². The summed E-state index contributed by atoms with van der Waals surface area (Å²) in [6.07, 6.45) is 3.83. The number of nitrogens with one attached hydrogen (secondary N) is 2. The Balaban J connectivity index is 1.79. The van der Waals surface area contributed by atoms with Gasteiger partial charge in [0, 0.05) is 36.7 Å². The smallest absolute Gasteiger partial charge is 0.306 e. The number of carbonyl (C=O) groups is 3. The van der Waals surface area contributed by atoms with Crippen molar-refractivity contribution in [1.29, 1.82) is 0 Å². The van der Waals surface area contributed by atoms with E-state index in [1.165, 1.54) is 6.20 Å². The summed E-state index contributed by atoms with van der Waals surface area (Å²) < 4.78 is 0. The van der Waals surface area contributed by atoms with Crippen molar-refractivity contribution in [3.8, 4) is 0 Å². The van der Waals surface area contributed by atoms with E-state index in [9.17, 15) is 14.4 Å². The molecule has 8 nitrogen and oxygen atoms in total. The second-order valence-corrected chi connectivity index (χ2v) is 5.76. The predicted molar refractivity (Wildman–Crippen MR) is 92.7 cm³/mol. The molecule has 1 aliphatic rings. The molecule has 0 unspecified atom stereocenters. The lowest BCUT2D eigenvalue weighted by molar-refractivity contribution is -0.145. The van der Waals surface area contributed by atoms with Crippen LogP contribution in [0.3, 0.4) is 0 Å². The lowest BCUT2D eigenvalue weighted by Crippen LogP contribution is -2.45. The second kappa shape index (κ2) is 8.72. The molecule has 1 fully saturated rings. The molecule has 0 bridgehead atoms. The first-order chi connectivity index (χ1) is 12.0. The summed E-state index contributed by atoms with van der Waals surface area (Å²) in [4.78, 5) is 36.7. The summed E-state index contributed by atoms with van der Waals surface area (Å²) in [5.74, 6) is -1.75. The van der Waals surface area contributed by atoms with Gasteiger partial charge < -0.3 is 26.4 Å². The van der Waals surface area contributed by atoms with Crippen molar-refractivity contribution in [2.45, 2.75) is 12.8 Å². The first-order valence-electron chi connectivity index (χ1n) is 8.03. The Kier molecular flexibility index (Phi) is 6.39. The van der Waals surface area contributed by atoms with E-state index in [1.54, 1.807) is 35.4 Å². The molecule has 134 valence electrons. The molecule has 0 radical (unpaired) electrons. The second-order valence-electron chi connectivity index (χ2n) is 5.76. The first kappa shape index (κ1) is 18.3. The summed E-state index contributed by atoms with van der Waals surface area (Å²) >= 11 is 0. The van der Waals surface area contributed by atoms with E-state index in [1.807, 2.05) is 0 Å². The highest BCUT2D eigenvalue weighted by molar-refractivity contribution is 5.96. The number of aliphatic carboxylic acids is 1. The number of carbonyl (C=O) groups excluding carboxylic acids is 2. The number of nitrogens with two attached hydrogens (primary N) is 1. The summed E-state index contributed by atoms with van der Waals surface area (Å²) in [5.41, 5.74) is 6.47. The molecular weight excluding hydrogens is 324 g/mol. The lowest BCUT2D eigenvalue weighted by Gasteiger charge is -2.30. The minimum absolute atomic E-state index is 0.105. The standard InChI is InChI=1S/C17H22N4O4/c18-7-8-19-14-3-1-12(2-4-14)16(23)20-11-15(22)21-9-5-13(6-10-21)17(24)25/h1-4,7-8,13,19H,5-6,9-11,18H2,(H,20,23)(H,24,25)/b8-7-. The first-order valence-corrected chi connectivity index (χ1v) is 8.03. The van der Waals surface area contributed by atoms with Crippen LogP contribution in [-0.2, 0) is 9.59 Å². The van der Waals surface area contributed by atoms with Crippen LogP contribution >= 0.6 is 0 Å². The van der Waals surface area contributed by atoms with Crippen molar-refractivity contribution >= 4 is 23.5 Å². The molecule has 1 aromatic rings. The SMILES string of the molecule is N/C=C\Nc1ccc(C(=O)NCC(=O)N2CCC(C(=O)O)CC2)cc1. The van der Waals surface area contributed by atoms with Crippen molar-refractivity contribution < 1.29 is 19.5 Å². The number of hydrogen-bond donors (Lipinski definition) is 4. The van der Waals surface area contributed by atoms with E-state index in [0.717, 1.165) is 5.69 Å². The van der Waals surface area contributed by atoms with Gasteiger partial charge in [-0.3, -0.25) is 14.4 Å². The average Bonchev–Trinajstić information content (AvgIpc) is 2.64. The van der Waals surface area contributed by atoms with Crippen molar-refractivity contribution in [2.24, 2.45) is 11.7 Å². The fourth-order valence-electron chi connectivity index (χ4n) is 2.61. The maximum Gasteiger partial charge on any atom is 0.306 e. The molecule has 1 aromatic carbocycles. The number of amides is 2. The van der Waals surface area contributed by atoms with Crippen LogP contribution in [0.15, 0.2) is 36.7 Å². The summed E-state index contributed by atoms with van der Waals surface area (Å²) in [7, 11) is 0. The Morgan fingerprint density at radius 1 is 1.20 bits per heavy atom. The third-order valence-corrected chi connectivity index (χ3v) is 4.09. The van der Waals surface area contributed by atoms with Gasteiger partial charge in [0.1, 0.15) is 0 Å². The lowest BCUT2D eigenvalue weighted by atomic mass is 9.97. The van der Waals surface area contributed by atoms with Gasteiger partial charge in [-0.15, -0.1) is 0 Å². The maximum absolute atomic E-state index is 12.1. The Morgan fingerprint density at radius 3 is 2.40 bits per heavy atom. The quantitative estimate of drug-likeness (QED) is 0.597. The van der Waals surface area contributed by atoms with E-state index in [2.05, 4.69) is 10.6 Å². The largest absolute Gasteiger partial charge is 0.481 e. The van der Waals surface area contributed by atoms with Gasteiger partial charge >= 0.3 is 5.97 Å². The van der Waals surface area contributed by atoms with Crippen LogP contribution in [-0.4, -0.2) is 47.4 Å². The molecule has 1 heterocycles. The van der Waals surface area contributed by atoms with Crippen LogP contribution in [0.25, 0.3) is 0 Å². The molecule has 0 aromatic heterocycles. The van der Waals surface area contributed by atoms with E-state index >= 15 is 0 Å². The van der Waals surface area contributed by atoms with Gasteiger partial charge in [-0.25, -0.2) is 0 Å². The molecule has 0 spiro atoms. The number of carboxylic acids is 1. The van der Waals surface area contributed by atoms with Gasteiger partial charge in [0.25, 0.3) is 5.91 Å². The average molecular weight is 346 g/mol.